The first kappa shape index (κ1) is 17.5. The van der Waals surface area contributed by atoms with Crippen LogP contribution >= 0.6 is 0 Å². The van der Waals surface area contributed by atoms with Crippen molar-refractivity contribution < 1.29 is 9.90 Å². The minimum atomic E-state index is -0.542. The normalized spacial score (nSPS) is 18.4. The van der Waals surface area contributed by atoms with E-state index >= 15 is 0 Å². The lowest BCUT2D eigenvalue weighted by Gasteiger charge is -2.27. The van der Waals surface area contributed by atoms with Gasteiger partial charge >= 0.3 is 6.03 Å². The lowest BCUT2D eigenvalue weighted by Crippen LogP contribution is -2.43. The summed E-state index contributed by atoms with van der Waals surface area (Å²) in [4.78, 5) is 14.4. The van der Waals surface area contributed by atoms with Crippen LogP contribution in [0.5, 0.6) is 0 Å². The number of nitrogens with zero attached hydrogens (tertiary/aromatic N) is 3. The van der Waals surface area contributed by atoms with Gasteiger partial charge in [0.2, 0.25) is 0 Å². The minimum Gasteiger partial charge on any atom is -0.388 e. The number of nitrogens with one attached hydrogen (secondary N) is 1. The van der Waals surface area contributed by atoms with Crippen molar-refractivity contribution in [3.8, 4) is 0 Å². The van der Waals surface area contributed by atoms with Crippen LogP contribution in [-0.2, 0) is 13.6 Å². The highest BCUT2D eigenvalue weighted by molar-refractivity contribution is 5.74. The lowest BCUT2D eigenvalue weighted by atomic mass is 10.0. The van der Waals surface area contributed by atoms with Crippen molar-refractivity contribution in [1.82, 2.24) is 20.0 Å². The topological polar surface area (TPSA) is 70.4 Å². The standard InChI is InChI=1S/C19H26N4O2/c1-14-16(13-21-22(14)2)12-20-19(25)23-10-6-9-17(23)11-18(24)15-7-4-3-5-8-15/h3-5,7-8,13,17-18,24H,6,9-12H2,1-2H3,(H,20,25). The molecule has 1 aliphatic rings. The Morgan fingerprint density at radius 3 is 2.84 bits per heavy atom. The van der Waals surface area contributed by atoms with Gasteiger partial charge in [0.25, 0.3) is 0 Å². The molecule has 0 bridgehead atoms. The number of likely N-dealkylation sites (tertiary alicyclic amines) is 1. The van der Waals surface area contributed by atoms with Crippen molar-refractivity contribution in [2.75, 3.05) is 6.54 Å². The third-order valence-electron chi connectivity index (χ3n) is 5.08. The van der Waals surface area contributed by atoms with E-state index in [9.17, 15) is 9.90 Å². The lowest BCUT2D eigenvalue weighted by molar-refractivity contribution is 0.126. The molecular formula is C19H26N4O2. The second-order valence-electron chi connectivity index (χ2n) is 6.69. The zero-order valence-electron chi connectivity index (χ0n) is 14.9. The third-order valence-corrected chi connectivity index (χ3v) is 5.08. The number of carbonyl (C=O) groups excluding carboxylic acids is 1. The largest absolute Gasteiger partial charge is 0.388 e. The molecule has 3 rings (SSSR count). The number of amides is 2. The van der Waals surface area contributed by atoms with Gasteiger partial charge in [0, 0.05) is 37.4 Å². The second-order valence-corrected chi connectivity index (χ2v) is 6.69. The Balaban J connectivity index is 1.57. The molecule has 1 saturated heterocycles. The van der Waals surface area contributed by atoms with E-state index < -0.39 is 6.10 Å². The Hall–Kier alpha value is -2.34. The van der Waals surface area contributed by atoms with Crippen LogP contribution in [0.2, 0.25) is 0 Å². The third kappa shape index (κ3) is 4.02. The average molecular weight is 342 g/mol. The van der Waals surface area contributed by atoms with Gasteiger partial charge in [0.15, 0.2) is 0 Å². The first-order valence-electron chi connectivity index (χ1n) is 8.81. The second kappa shape index (κ2) is 7.70. The molecule has 1 aromatic carbocycles. The van der Waals surface area contributed by atoms with Crippen molar-refractivity contribution in [3.63, 3.8) is 0 Å². The molecule has 0 spiro atoms. The Morgan fingerprint density at radius 2 is 2.16 bits per heavy atom. The summed E-state index contributed by atoms with van der Waals surface area (Å²) in [5, 5.41) is 17.6. The summed E-state index contributed by atoms with van der Waals surface area (Å²) < 4.78 is 1.80. The van der Waals surface area contributed by atoms with E-state index in [4.69, 9.17) is 0 Å². The highest BCUT2D eigenvalue weighted by Crippen LogP contribution is 2.27. The first-order chi connectivity index (χ1) is 12.1. The van der Waals surface area contributed by atoms with E-state index in [1.807, 2.05) is 49.2 Å². The monoisotopic (exact) mass is 342 g/mol. The van der Waals surface area contributed by atoms with Crippen molar-refractivity contribution in [1.29, 1.82) is 0 Å². The smallest absolute Gasteiger partial charge is 0.317 e. The molecule has 6 nitrogen and oxygen atoms in total. The molecule has 2 atom stereocenters. The van der Waals surface area contributed by atoms with Crippen LogP contribution < -0.4 is 5.32 Å². The van der Waals surface area contributed by atoms with Gasteiger partial charge in [0.1, 0.15) is 0 Å². The number of aromatic nitrogens is 2. The summed E-state index contributed by atoms with van der Waals surface area (Å²) in [5.41, 5.74) is 2.98. The zero-order chi connectivity index (χ0) is 17.8. The number of carbonyl (C=O) groups is 1. The summed E-state index contributed by atoms with van der Waals surface area (Å²) in [7, 11) is 1.89. The van der Waals surface area contributed by atoms with Gasteiger partial charge in [-0.2, -0.15) is 5.10 Å². The molecule has 2 unspecified atom stereocenters. The maximum atomic E-state index is 12.6. The van der Waals surface area contributed by atoms with Crippen LogP contribution in [0.25, 0.3) is 0 Å². The van der Waals surface area contributed by atoms with Crippen LogP contribution in [0.3, 0.4) is 0 Å². The molecular weight excluding hydrogens is 316 g/mol. The van der Waals surface area contributed by atoms with E-state index in [0.717, 1.165) is 36.2 Å². The maximum Gasteiger partial charge on any atom is 0.317 e. The Bertz CT molecular complexity index is 713. The minimum absolute atomic E-state index is 0.0639. The summed E-state index contributed by atoms with van der Waals surface area (Å²) in [6.45, 7) is 3.20. The molecule has 2 N–H and O–H groups in total. The summed E-state index contributed by atoms with van der Waals surface area (Å²) >= 11 is 0. The van der Waals surface area contributed by atoms with Gasteiger partial charge < -0.3 is 15.3 Å². The van der Waals surface area contributed by atoms with Gasteiger partial charge in [0.05, 0.1) is 12.3 Å². The van der Waals surface area contributed by atoms with E-state index in [1.54, 1.807) is 10.9 Å². The van der Waals surface area contributed by atoms with Crippen molar-refractivity contribution >= 4 is 6.03 Å². The highest BCUT2D eigenvalue weighted by atomic mass is 16.3. The Morgan fingerprint density at radius 1 is 1.40 bits per heavy atom. The fourth-order valence-corrected chi connectivity index (χ4v) is 3.41. The van der Waals surface area contributed by atoms with Crippen LogP contribution in [0.4, 0.5) is 4.79 Å². The SMILES string of the molecule is Cc1c(CNC(=O)N2CCCC2CC(O)c2ccccc2)cnn1C. The number of hydrogen-bond acceptors (Lipinski definition) is 3. The predicted molar refractivity (Wildman–Crippen MR) is 95.9 cm³/mol. The Labute approximate surface area is 148 Å². The molecule has 2 aromatic rings. The maximum absolute atomic E-state index is 12.6. The van der Waals surface area contributed by atoms with Crippen molar-refractivity contribution in [3.05, 3.63) is 53.3 Å². The molecule has 1 aliphatic heterocycles. The number of hydrogen-bond donors (Lipinski definition) is 2. The van der Waals surface area contributed by atoms with Crippen LogP contribution in [0, 0.1) is 6.92 Å². The molecule has 0 radical (unpaired) electrons. The van der Waals surface area contributed by atoms with Gasteiger partial charge in [-0.05, 0) is 31.7 Å². The van der Waals surface area contributed by atoms with E-state index in [1.165, 1.54) is 0 Å². The molecule has 1 fully saturated rings. The van der Waals surface area contributed by atoms with Crippen LogP contribution in [0.1, 0.15) is 42.2 Å². The van der Waals surface area contributed by atoms with Crippen molar-refractivity contribution in [2.45, 2.75) is 44.9 Å². The first-order valence-corrected chi connectivity index (χ1v) is 8.81. The molecule has 2 heterocycles. The number of aliphatic hydroxyl groups excluding tert-OH is 1. The number of rotatable bonds is 5. The fraction of sp³-hybridized carbons (Fsp3) is 0.474. The molecule has 1 aromatic heterocycles. The van der Waals surface area contributed by atoms with Gasteiger partial charge in [-0.15, -0.1) is 0 Å². The Kier molecular flexibility index (Phi) is 5.38. The van der Waals surface area contributed by atoms with Gasteiger partial charge in [-0.3, -0.25) is 4.68 Å². The van der Waals surface area contributed by atoms with Crippen LogP contribution in [0.15, 0.2) is 36.5 Å². The van der Waals surface area contributed by atoms with E-state index in [-0.39, 0.29) is 12.1 Å². The molecule has 25 heavy (non-hydrogen) atoms. The van der Waals surface area contributed by atoms with E-state index in [0.29, 0.717) is 13.0 Å². The summed E-state index contributed by atoms with van der Waals surface area (Å²) in [5.74, 6) is 0. The quantitative estimate of drug-likeness (QED) is 0.877. The van der Waals surface area contributed by atoms with Crippen molar-refractivity contribution in [2.24, 2.45) is 7.05 Å². The van der Waals surface area contributed by atoms with Crippen LogP contribution in [-0.4, -0.2) is 38.4 Å². The van der Waals surface area contributed by atoms with Gasteiger partial charge in [-0.25, -0.2) is 4.79 Å². The van der Waals surface area contributed by atoms with E-state index in [2.05, 4.69) is 10.4 Å². The summed E-state index contributed by atoms with van der Waals surface area (Å²) in [6, 6.07) is 9.65. The molecule has 0 aliphatic carbocycles. The van der Waals surface area contributed by atoms with Gasteiger partial charge in [-0.1, -0.05) is 30.3 Å². The molecule has 134 valence electrons. The zero-order valence-corrected chi connectivity index (χ0v) is 14.9. The molecule has 2 amide bonds. The number of urea groups is 1. The number of benzene rings is 1. The molecule has 6 heteroatoms. The number of aliphatic hydroxyl groups is 1. The number of aryl methyl sites for hydroxylation is 1. The average Bonchev–Trinajstić information content (AvgIpc) is 3.21. The fourth-order valence-electron chi connectivity index (χ4n) is 3.41. The highest BCUT2D eigenvalue weighted by Gasteiger charge is 2.30. The predicted octanol–water partition coefficient (Wildman–Crippen LogP) is 2.53. The molecule has 0 saturated carbocycles. The summed E-state index contributed by atoms with van der Waals surface area (Å²) in [6.07, 6.45) is 3.73.